The molecule has 2 heterocycles. The number of halogens is 2. The van der Waals surface area contributed by atoms with E-state index in [4.69, 9.17) is 5.26 Å². The van der Waals surface area contributed by atoms with Crippen molar-refractivity contribution in [3.63, 3.8) is 0 Å². The third-order valence-electron chi connectivity index (χ3n) is 3.15. The Balaban J connectivity index is 1.89. The van der Waals surface area contributed by atoms with Crippen molar-refractivity contribution in [3.05, 3.63) is 59.1 Å². The molecule has 0 aliphatic rings. The van der Waals surface area contributed by atoms with E-state index in [-0.39, 0.29) is 21.3 Å². The number of hydrogen-bond donors (Lipinski definition) is 2. The van der Waals surface area contributed by atoms with E-state index in [1.54, 1.807) is 6.07 Å². The van der Waals surface area contributed by atoms with Gasteiger partial charge in [0, 0.05) is 6.20 Å². The highest BCUT2D eigenvalue weighted by atomic mass is 32.2. The van der Waals surface area contributed by atoms with E-state index in [2.05, 4.69) is 9.71 Å². The highest BCUT2D eigenvalue weighted by Crippen LogP contribution is 2.28. The molecular weight excluding hydrogens is 356 g/mol. The van der Waals surface area contributed by atoms with Gasteiger partial charge >= 0.3 is 0 Å². The normalized spacial score (nSPS) is 11.2. The average Bonchev–Trinajstić information content (AvgIpc) is 3.18. The molecule has 0 amide bonds. The summed E-state index contributed by atoms with van der Waals surface area (Å²) in [7, 11) is -4.03. The van der Waals surface area contributed by atoms with E-state index in [0.29, 0.717) is 10.6 Å². The number of hydrogen-bond acceptors (Lipinski definition) is 4. The number of rotatable bonds is 4. The number of nitrogens with zero attached hydrogens (tertiary/aromatic N) is 1. The van der Waals surface area contributed by atoms with Crippen molar-refractivity contribution in [1.29, 1.82) is 5.26 Å². The number of nitriles is 1. The van der Waals surface area contributed by atoms with Crippen molar-refractivity contribution in [2.75, 3.05) is 4.72 Å². The zero-order valence-electron chi connectivity index (χ0n) is 11.9. The van der Waals surface area contributed by atoms with Crippen LogP contribution in [0, 0.1) is 22.3 Å². The zero-order valence-corrected chi connectivity index (χ0v) is 13.5. The average molecular weight is 365 g/mol. The number of benzene rings is 1. The number of aromatic amines is 1. The van der Waals surface area contributed by atoms with Crippen LogP contribution in [0.4, 0.5) is 14.5 Å². The summed E-state index contributed by atoms with van der Waals surface area (Å²) in [5.74, 6) is -0.853. The van der Waals surface area contributed by atoms with Gasteiger partial charge < -0.3 is 4.98 Å². The van der Waals surface area contributed by atoms with Crippen LogP contribution < -0.4 is 4.72 Å². The van der Waals surface area contributed by atoms with E-state index < -0.39 is 15.8 Å². The highest BCUT2D eigenvalue weighted by molar-refractivity contribution is 7.92. The lowest BCUT2D eigenvalue weighted by atomic mass is 10.2. The maximum atomic E-state index is 13.8. The molecule has 0 bridgehead atoms. The number of aromatic nitrogens is 1. The molecule has 3 rings (SSSR count). The molecule has 24 heavy (non-hydrogen) atoms. The van der Waals surface area contributed by atoms with E-state index in [9.17, 15) is 17.2 Å². The van der Waals surface area contributed by atoms with Crippen LogP contribution in [-0.2, 0) is 10.0 Å². The zero-order chi connectivity index (χ0) is 17.3. The second-order valence-corrected chi connectivity index (χ2v) is 7.48. The topological polar surface area (TPSA) is 85.8 Å². The van der Waals surface area contributed by atoms with Crippen molar-refractivity contribution < 1.29 is 17.2 Å². The van der Waals surface area contributed by atoms with Gasteiger partial charge in [0.25, 0.3) is 10.0 Å². The molecule has 0 aliphatic heterocycles. The number of thiophene rings is 1. The summed E-state index contributed by atoms with van der Waals surface area (Å²) in [6.45, 7) is 0. The molecule has 2 aromatic heterocycles. The smallest absolute Gasteiger partial charge is 0.263 e. The summed E-state index contributed by atoms with van der Waals surface area (Å²) in [6, 6.07) is 9.31. The third-order valence-corrected chi connectivity index (χ3v) is 5.40. The molecule has 0 atom stereocenters. The van der Waals surface area contributed by atoms with Crippen LogP contribution in [0.1, 0.15) is 5.56 Å². The van der Waals surface area contributed by atoms with Gasteiger partial charge in [-0.05, 0) is 36.4 Å². The molecule has 2 N–H and O–H groups in total. The van der Waals surface area contributed by atoms with Crippen LogP contribution in [0.3, 0.4) is 0 Å². The van der Waals surface area contributed by atoms with Gasteiger partial charge in [-0.15, -0.1) is 11.3 Å². The van der Waals surface area contributed by atoms with Gasteiger partial charge in [-0.2, -0.15) is 9.65 Å². The quantitative estimate of drug-likeness (QED) is 0.739. The Labute approximate surface area is 140 Å². The highest BCUT2D eigenvalue weighted by Gasteiger charge is 2.19. The minimum atomic E-state index is -4.03. The molecule has 5 nitrogen and oxygen atoms in total. The number of sulfonamides is 1. The Morgan fingerprint density at radius 2 is 1.96 bits per heavy atom. The maximum absolute atomic E-state index is 13.8. The molecule has 0 saturated heterocycles. The van der Waals surface area contributed by atoms with Crippen LogP contribution in [0.25, 0.3) is 10.6 Å². The summed E-state index contributed by atoms with van der Waals surface area (Å²) in [5.41, 5.74) is 0.252. The molecule has 0 saturated carbocycles. The molecule has 0 unspecified atom stereocenters. The van der Waals surface area contributed by atoms with Gasteiger partial charge in [0.1, 0.15) is 10.7 Å². The van der Waals surface area contributed by atoms with E-state index in [1.807, 2.05) is 0 Å². The van der Waals surface area contributed by atoms with Gasteiger partial charge in [-0.1, -0.05) is 0 Å². The minimum Gasteiger partial charge on any atom is -0.359 e. The van der Waals surface area contributed by atoms with Crippen molar-refractivity contribution in [1.82, 2.24) is 4.98 Å². The van der Waals surface area contributed by atoms with Crippen LogP contribution in [-0.4, -0.2) is 13.4 Å². The van der Waals surface area contributed by atoms with Crippen LogP contribution in [0.2, 0.25) is 0 Å². The minimum absolute atomic E-state index is 0.0825. The number of anilines is 1. The fourth-order valence-electron chi connectivity index (χ4n) is 2.00. The summed E-state index contributed by atoms with van der Waals surface area (Å²) < 4.78 is 53.7. The Hall–Kier alpha value is -2.70. The first kappa shape index (κ1) is 16.2. The Kier molecular flexibility index (Phi) is 4.09. The summed E-state index contributed by atoms with van der Waals surface area (Å²) in [5, 5.41) is 8.30. The monoisotopic (exact) mass is 365 g/mol. The van der Waals surface area contributed by atoms with Crippen molar-refractivity contribution in [3.8, 4) is 16.6 Å². The SMILES string of the molecule is N#Cc1ccc(NS(=O)(=O)c2c[nH]c(-c3ccc(F)s3)c2)c(F)c1. The lowest BCUT2D eigenvalue weighted by Crippen LogP contribution is -2.13. The van der Waals surface area contributed by atoms with Crippen molar-refractivity contribution in [2.24, 2.45) is 0 Å². The Morgan fingerprint density at radius 3 is 2.58 bits per heavy atom. The van der Waals surface area contributed by atoms with Crippen LogP contribution >= 0.6 is 11.3 Å². The molecule has 9 heteroatoms. The predicted octanol–water partition coefficient (Wildman–Crippen LogP) is 3.69. The molecule has 0 fully saturated rings. The molecule has 0 radical (unpaired) electrons. The van der Waals surface area contributed by atoms with E-state index in [1.165, 1.54) is 36.5 Å². The molecule has 0 spiro atoms. The fourth-order valence-corrected chi connectivity index (χ4v) is 3.77. The first-order valence-corrected chi connectivity index (χ1v) is 8.85. The Morgan fingerprint density at radius 1 is 1.17 bits per heavy atom. The number of H-pyrrole nitrogens is 1. The molecule has 3 aromatic rings. The van der Waals surface area contributed by atoms with Crippen LogP contribution in [0.15, 0.2) is 47.5 Å². The van der Waals surface area contributed by atoms with Gasteiger partial charge in [0.2, 0.25) is 0 Å². The molecule has 1 aromatic carbocycles. The Bertz CT molecular complexity index is 1050. The molecule has 122 valence electrons. The number of nitrogens with one attached hydrogen (secondary N) is 2. The van der Waals surface area contributed by atoms with Gasteiger partial charge in [0.15, 0.2) is 5.13 Å². The van der Waals surface area contributed by atoms with E-state index >= 15 is 0 Å². The summed E-state index contributed by atoms with van der Waals surface area (Å²) >= 11 is 0.872. The third kappa shape index (κ3) is 3.15. The lowest BCUT2D eigenvalue weighted by molar-refractivity contribution is 0.598. The van der Waals surface area contributed by atoms with Gasteiger partial charge in [-0.25, -0.2) is 12.8 Å². The van der Waals surface area contributed by atoms with Crippen molar-refractivity contribution in [2.45, 2.75) is 4.90 Å². The van der Waals surface area contributed by atoms with Crippen LogP contribution in [0.5, 0.6) is 0 Å². The lowest BCUT2D eigenvalue weighted by Gasteiger charge is -2.07. The maximum Gasteiger partial charge on any atom is 0.263 e. The molecule has 0 aliphatic carbocycles. The van der Waals surface area contributed by atoms with Gasteiger partial charge in [-0.3, -0.25) is 4.72 Å². The summed E-state index contributed by atoms with van der Waals surface area (Å²) in [6.07, 6.45) is 1.23. The second kappa shape index (κ2) is 6.07. The fraction of sp³-hybridized carbons (Fsp3) is 0. The van der Waals surface area contributed by atoms with Crippen molar-refractivity contribution >= 4 is 27.0 Å². The molecular formula is C15H9F2N3O2S2. The first-order valence-electron chi connectivity index (χ1n) is 6.55. The predicted molar refractivity (Wildman–Crippen MR) is 86.0 cm³/mol. The van der Waals surface area contributed by atoms with Gasteiger partial charge in [0.05, 0.1) is 27.9 Å². The first-order chi connectivity index (χ1) is 11.4. The second-order valence-electron chi connectivity index (χ2n) is 4.76. The van der Waals surface area contributed by atoms with E-state index in [0.717, 1.165) is 17.4 Å². The largest absolute Gasteiger partial charge is 0.359 e. The standard InChI is InChI=1S/C15H9F2N3O2S2/c16-11-5-9(7-18)1-2-12(11)20-24(21,22)10-6-13(19-8-10)14-3-4-15(17)23-14/h1-6,8,19-20H. The summed E-state index contributed by atoms with van der Waals surface area (Å²) in [4.78, 5) is 3.17.